The number of methoxy groups -OCH3 is 1. The van der Waals surface area contributed by atoms with E-state index in [4.69, 9.17) is 4.74 Å². The van der Waals surface area contributed by atoms with Gasteiger partial charge in [0.05, 0.1) is 29.5 Å². The summed E-state index contributed by atoms with van der Waals surface area (Å²) in [6, 6.07) is 15.4. The second-order valence-corrected chi connectivity index (χ2v) is 10.9. The normalized spacial score (nSPS) is 19.3. The number of allylic oxidation sites excluding steroid dienone is 2. The molecule has 7 nitrogen and oxygen atoms in total. The molecule has 0 radical (unpaired) electrons. The lowest BCUT2D eigenvalue weighted by Crippen LogP contribution is -2.57. The van der Waals surface area contributed by atoms with E-state index in [1.54, 1.807) is 17.5 Å². The third kappa shape index (κ3) is 3.28. The van der Waals surface area contributed by atoms with E-state index in [-0.39, 0.29) is 10.4 Å². The number of aromatic nitrogens is 1. The van der Waals surface area contributed by atoms with Crippen LogP contribution >= 0.6 is 0 Å². The fourth-order valence-electron chi connectivity index (χ4n) is 5.29. The third-order valence-corrected chi connectivity index (χ3v) is 8.97. The smallest absolute Gasteiger partial charge is 0.244 e. The number of rotatable bonds is 3. The van der Waals surface area contributed by atoms with Crippen LogP contribution in [0.25, 0.3) is 10.9 Å². The molecule has 3 aromatic rings. The third-order valence-electron chi connectivity index (χ3n) is 7.11. The van der Waals surface area contributed by atoms with Crippen molar-refractivity contribution < 1.29 is 13.2 Å². The number of para-hydroxylation sites is 1. The van der Waals surface area contributed by atoms with Crippen LogP contribution in [-0.4, -0.2) is 50.0 Å². The van der Waals surface area contributed by atoms with Gasteiger partial charge in [-0.2, -0.15) is 4.31 Å². The van der Waals surface area contributed by atoms with Crippen LogP contribution in [0.4, 0.5) is 11.4 Å². The van der Waals surface area contributed by atoms with Gasteiger partial charge in [-0.15, -0.1) is 0 Å². The van der Waals surface area contributed by atoms with Crippen LogP contribution in [0.1, 0.15) is 12.8 Å². The first-order chi connectivity index (χ1) is 16.5. The van der Waals surface area contributed by atoms with Crippen molar-refractivity contribution in [2.75, 3.05) is 37.0 Å². The lowest BCUT2D eigenvalue weighted by Gasteiger charge is -2.51. The SMILES string of the molecule is COc1ccc2c(c1)NC1(CCN(S(=O)(=O)c3cnc4ccccc4c3)CC1)C1=CC=CCN12. The van der Waals surface area contributed by atoms with Gasteiger partial charge in [0.15, 0.2) is 0 Å². The minimum atomic E-state index is -3.63. The van der Waals surface area contributed by atoms with Crippen LogP contribution in [0.5, 0.6) is 5.75 Å². The molecule has 0 atom stereocenters. The van der Waals surface area contributed by atoms with Gasteiger partial charge in [0, 0.05) is 43.0 Å². The van der Waals surface area contributed by atoms with Crippen LogP contribution in [0.3, 0.4) is 0 Å². The number of benzene rings is 2. The predicted molar refractivity (Wildman–Crippen MR) is 134 cm³/mol. The Kier molecular flexibility index (Phi) is 4.89. The Labute approximate surface area is 199 Å². The first kappa shape index (κ1) is 21.2. The molecule has 174 valence electrons. The maximum absolute atomic E-state index is 13.5. The van der Waals surface area contributed by atoms with Gasteiger partial charge >= 0.3 is 0 Å². The molecule has 6 rings (SSSR count). The van der Waals surface area contributed by atoms with E-state index >= 15 is 0 Å². The van der Waals surface area contributed by atoms with E-state index in [0.29, 0.717) is 25.9 Å². The zero-order valence-electron chi connectivity index (χ0n) is 18.9. The number of nitrogens with zero attached hydrogens (tertiary/aromatic N) is 3. The highest BCUT2D eigenvalue weighted by atomic mass is 32.2. The van der Waals surface area contributed by atoms with Crippen LogP contribution in [0.15, 0.2) is 83.5 Å². The molecule has 1 spiro atoms. The van der Waals surface area contributed by atoms with E-state index in [1.807, 2.05) is 36.4 Å². The maximum Gasteiger partial charge on any atom is 0.244 e. The van der Waals surface area contributed by atoms with E-state index in [2.05, 4.69) is 39.5 Å². The van der Waals surface area contributed by atoms with Gasteiger partial charge < -0.3 is 15.0 Å². The van der Waals surface area contributed by atoms with E-state index < -0.39 is 10.0 Å². The van der Waals surface area contributed by atoms with Crippen molar-refractivity contribution in [2.45, 2.75) is 23.3 Å². The van der Waals surface area contributed by atoms with Gasteiger partial charge in [-0.1, -0.05) is 30.4 Å². The molecule has 2 aromatic carbocycles. The van der Waals surface area contributed by atoms with Crippen molar-refractivity contribution in [3.05, 3.63) is 78.7 Å². The minimum Gasteiger partial charge on any atom is -0.497 e. The Bertz CT molecular complexity index is 1440. The molecule has 1 aromatic heterocycles. The lowest BCUT2D eigenvalue weighted by atomic mass is 9.80. The number of pyridine rings is 1. The van der Waals surface area contributed by atoms with Crippen LogP contribution in [0.2, 0.25) is 0 Å². The standard InChI is InChI=1S/C26H26N4O3S/c1-33-20-9-10-24-23(17-20)28-26(25-8-4-5-13-30(24)25)11-14-29(15-12-26)34(31,32)21-16-19-6-2-3-7-22(19)27-18-21/h2-10,16-18,28H,11-15H2,1H3. The molecule has 0 amide bonds. The molecule has 3 aliphatic rings. The molecular formula is C26H26N4O3S. The predicted octanol–water partition coefficient (Wildman–Crippen LogP) is 4.15. The molecule has 1 N–H and O–H groups in total. The summed E-state index contributed by atoms with van der Waals surface area (Å²) in [6.45, 7) is 1.64. The van der Waals surface area contributed by atoms with Crippen molar-refractivity contribution in [3.8, 4) is 5.75 Å². The van der Waals surface area contributed by atoms with E-state index in [0.717, 1.165) is 34.6 Å². The molecule has 8 heteroatoms. The second kappa shape index (κ2) is 7.85. The van der Waals surface area contributed by atoms with Gasteiger partial charge in [0.1, 0.15) is 10.6 Å². The lowest BCUT2D eigenvalue weighted by molar-refractivity contribution is 0.275. The zero-order chi connectivity index (χ0) is 23.3. The second-order valence-electron chi connectivity index (χ2n) is 8.95. The quantitative estimate of drug-likeness (QED) is 0.615. The van der Waals surface area contributed by atoms with E-state index in [1.165, 1.54) is 11.9 Å². The average molecular weight is 475 g/mol. The van der Waals surface area contributed by atoms with Crippen molar-refractivity contribution in [1.82, 2.24) is 9.29 Å². The number of piperidine rings is 1. The van der Waals surface area contributed by atoms with Gasteiger partial charge in [0.2, 0.25) is 10.0 Å². The van der Waals surface area contributed by atoms with Crippen molar-refractivity contribution in [3.63, 3.8) is 0 Å². The number of sulfonamides is 1. The fourth-order valence-corrected chi connectivity index (χ4v) is 6.71. The summed E-state index contributed by atoms with van der Waals surface area (Å²) >= 11 is 0. The monoisotopic (exact) mass is 474 g/mol. The van der Waals surface area contributed by atoms with Crippen LogP contribution in [0, 0.1) is 0 Å². The molecule has 34 heavy (non-hydrogen) atoms. The molecule has 0 aliphatic carbocycles. The highest BCUT2D eigenvalue weighted by Gasteiger charge is 2.46. The summed E-state index contributed by atoms with van der Waals surface area (Å²) in [5.74, 6) is 0.796. The van der Waals surface area contributed by atoms with Gasteiger partial charge in [-0.3, -0.25) is 4.98 Å². The van der Waals surface area contributed by atoms with Crippen molar-refractivity contribution >= 4 is 32.3 Å². The minimum absolute atomic E-state index is 0.246. The average Bonchev–Trinajstić information content (AvgIpc) is 2.88. The molecule has 3 aliphatic heterocycles. The van der Waals surface area contributed by atoms with Gasteiger partial charge in [-0.05, 0) is 43.2 Å². The number of anilines is 2. The summed E-state index contributed by atoms with van der Waals surface area (Å²) in [5.41, 5.74) is 3.77. The molecule has 0 saturated carbocycles. The zero-order valence-corrected chi connectivity index (χ0v) is 19.8. The first-order valence-electron chi connectivity index (χ1n) is 11.5. The van der Waals surface area contributed by atoms with Crippen LogP contribution < -0.4 is 15.0 Å². The van der Waals surface area contributed by atoms with Gasteiger partial charge in [-0.25, -0.2) is 8.42 Å². The summed E-state index contributed by atoms with van der Waals surface area (Å²) in [6.07, 6.45) is 9.19. The largest absolute Gasteiger partial charge is 0.497 e. The Morgan fingerprint density at radius 3 is 2.74 bits per heavy atom. The number of ether oxygens (including phenoxy) is 1. The Morgan fingerprint density at radius 1 is 1.09 bits per heavy atom. The number of fused-ring (bicyclic) bond motifs is 5. The Morgan fingerprint density at radius 2 is 1.91 bits per heavy atom. The van der Waals surface area contributed by atoms with Crippen molar-refractivity contribution in [1.29, 1.82) is 0 Å². The molecule has 1 fully saturated rings. The first-order valence-corrected chi connectivity index (χ1v) is 12.9. The summed E-state index contributed by atoms with van der Waals surface area (Å²) in [7, 11) is -1.97. The van der Waals surface area contributed by atoms with Crippen LogP contribution in [-0.2, 0) is 10.0 Å². The number of hydrogen-bond donors (Lipinski definition) is 1. The Hall–Kier alpha value is -3.36. The summed E-state index contributed by atoms with van der Waals surface area (Å²) in [5, 5.41) is 4.59. The topological polar surface area (TPSA) is 74.8 Å². The summed E-state index contributed by atoms with van der Waals surface area (Å²) in [4.78, 5) is 6.94. The molecule has 4 heterocycles. The molecular weight excluding hydrogens is 448 g/mol. The van der Waals surface area contributed by atoms with Gasteiger partial charge in [0.25, 0.3) is 0 Å². The highest BCUT2D eigenvalue weighted by molar-refractivity contribution is 7.89. The fraction of sp³-hybridized carbons (Fsp3) is 0.269. The molecule has 1 saturated heterocycles. The Balaban J connectivity index is 1.30. The highest BCUT2D eigenvalue weighted by Crippen LogP contribution is 2.47. The number of hydrogen-bond acceptors (Lipinski definition) is 6. The van der Waals surface area contributed by atoms with E-state index in [9.17, 15) is 8.42 Å². The maximum atomic E-state index is 13.5. The summed E-state index contributed by atoms with van der Waals surface area (Å²) < 4.78 is 34.0. The molecule has 0 bridgehead atoms. The van der Waals surface area contributed by atoms with Crippen molar-refractivity contribution in [2.24, 2.45) is 0 Å². The number of nitrogens with one attached hydrogen (secondary N) is 1. The molecule has 0 unspecified atom stereocenters.